The molecule has 2 aromatic carbocycles. The van der Waals surface area contributed by atoms with E-state index in [1.165, 1.54) is 0 Å². The van der Waals surface area contributed by atoms with E-state index >= 15 is 0 Å². The fourth-order valence-electron chi connectivity index (χ4n) is 6.17. The van der Waals surface area contributed by atoms with E-state index in [2.05, 4.69) is 40.6 Å². The molecule has 1 amide bonds. The Kier molecular flexibility index (Phi) is 9.00. The summed E-state index contributed by atoms with van der Waals surface area (Å²) in [6.45, 7) is 6.02. The van der Waals surface area contributed by atoms with Crippen molar-refractivity contribution in [2.45, 2.75) is 45.3 Å². The van der Waals surface area contributed by atoms with Gasteiger partial charge in [-0.1, -0.05) is 41.9 Å². The number of likely N-dealkylation sites (N-methyl/N-ethyl adjacent to an activating group) is 1. The van der Waals surface area contributed by atoms with Crippen molar-refractivity contribution in [2.75, 3.05) is 39.2 Å². The van der Waals surface area contributed by atoms with Crippen LogP contribution in [0.5, 0.6) is 5.75 Å². The molecule has 0 unspecified atom stereocenters. The first-order valence-electron chi connectivity index (χ1n) is 15.1. The summed E-state index contributed by atoms with van der Waals surface area (Å²) in [5, 5.41) is 7.10. The lowest BCUT2D eigenvalue weighted by atomic mass is 9.94. The van der Waals surface area contributed by atoms with Crippen LogP contribution in [0.1, 0.15) is 46.0 Å². The molecule has 2 aliphatic rings. The van der Waals surface area contributed by atoms with E-state index in [0.29, 0.717) is 29.1 Å². The Morgan fingerprint density at radius 2 is 1.86 bits per heavy atom. The Bertz CT molecular complexity index is 1680. The Morgan fingerprint density at radius 1 is 1.11 bits per heavy atom. The highest BCUT2D eigenvalue weighted by Gasteiger charge is 2.25. The van der Waals surface area contributed by atoms with Crippen LogP contribution in [0, 0.1) is 6.92 Å². The molecule has 0 radical (unpaired) electrons. The number of fused-ring (bicyclic) bond motifs is 1. The van der Waals surface area contributed by atoms with Crippen LogP contribution in [0.2, 0.25) is 5.02 Å². The Hall–Kier alpha value is -3.76. The molecule has 0 aliphatic carbocycles. The molecule has 0 bridgehead atoms. The number of benzene rings is 2. The lowest BCUT2D eigenvalue weighted by Gasteiger charge is -2.23. The third-order valence-corrected chi connectivity index (χ3v) is 9.17. The first-order chi connectivity index (χ1) is 21.3. The maximum absolute atomic E-state index is 13.4. The van der Waals surface area contributed by atoms with Crippen LogP contribution in [0.25, 0.3) is 22.4 Å². The van der Waals surface area contributed by atoms with E-state index < -0.39 is 0 Å². The van der Waals surface area contributed by atoms with Crippen LogP contribution >= 0.6 is 11.6 Å². The number of nitrogens with one attached hydrogen (secondary N) is 2. The van der Waals surface area contributed by atoms with Crippen molar-refractivity contribution in [3.8, 4) is 28.1 Å². The van der Waals surface area contributed by atoms with E-state index in [4.69, 9.17) is 26.1 Å². The zero-order valence-corrected chi connectivity index (χ0v) is 26.5. The van der Waals surface area contributed by atoms with Gasteiger partial charge >= 0.3 is 0 Å². The van der Waals surface area contributed by atoms with E-state index in [0.717, 1.165) is 96.2 Å². The highest BCUT2D eigenvalue weighted by atomic mass is 35.5. The number of ether oxygens (including phenoxy) is 2. The van der Waals surface area contributed by atoms with Crippen molar-refractivity contribution < 1.29 is 14.3 Å². The van der Waals surface area contributed by atoms with Gasteiger partial charge in [-0.25, -0.2) is 4.98 Å². The lowest BCUT2D eigenvalue weighted by molar-refractivity contribution is 0.0775. The average Bonchev–Trinajstić information content (AvgIpc) is 3.37. The Morgan fingerprint density at radius 3 is 2.66 bits per heavy atom. The normalized spacial score (nSPS) is 15.7. The predicted molar refractivity (Wildman–Crippen MR) is 173 cm³/mol. The van der Waals surface area contributed by atoms with Crippen molar-refractivity contribution in [1.29, 1.82) is 0 Å². The summed E-state index contributed by atoms with van der Waals surface area (Å²) in [5.41, 5.74) is 8.24. The summed E-state index contributed by atoms with van der Waals surface area (Å²) in [6, 6.07) is 14.2. The molecule has 9 nitrogen and oxygen atoms in total. The van der Waals surface area contributed by atoms with E-state index in [1.54, 1.807) is 7.11 Å². The van der Waals surface area contributed by atoms with Gasteiger partial charge in [0.25, 0.3) is 5.91 Å². The number of imidazole rings is 1. The number of halogens is 1. The molecule has 230 valence electrons. The summed E-state index contributed by atoms with van der Waals surface area (Å²) in [4.78, 5) is 25.1. The number of nitrogens with zero attached hydrogens (tertiary/aromatic N) is 4. The number of aromatic nitrogens is 3. The van der Waals surface area contributed by atoms with Gasteiger partial charge in [0.2, 0.25) is 0 Å². The average molecular weight is 615 g/mol. The number of anilines is 1. The minimum atomic E-state index is -0.281. The van der Waals surface area contributed by atoms with Crippen molar-refractivity contribution in [3.63, 3.8) is 0 Å². The summed E-state index contributed by atoms with van der Waals surface area (Å²) < 4.78 is 13.2. The molecule has 6 rings (SSSR count). The highest BCUT2D eigenvalue weighted by Crippen LogP contribution is 2.39. The number of carbonyl (C=O) groups excluding carboxylic acids is 1. The monoisotopic (exact) mass is 614 g/mol. The number of carbonyl (C=O) groups is 1. The van der Waals surface area contributed by atoms with Gasteiger partial charge in [-0.3, -0.25) is 9.78 Å². The number of rotatable bonds is 8. The van der Waals surface area contributed by atoms with Crippen molar-refractivity contribution in [1.82, 2.24) is 24.8 Å². The van der Waals surface area contributed by atoms with Gasteiger partial charge in [0.1, 0.15) is 5.75 Å². The van der Waals surface area contributed by atoms with Crippen molar-refractivity contribution >= 4 is 23.2 Å². The van der Waals surface area contributed by atoms with E-state index in [9.17, 15) is 4.79 Å². The molecule has 0 atom stereocenters. The second-order valence-corrected chi connectivity index (χ2v) is 12.0. The maximum atomic E-state index is 13.4. The minimum Gasteiger partial charge on any atom is -0.496 e. The second kappa shape index (κ2) is 13.1. The van der Waals surface area contributed by atoms with Crippen LogP contribution in [0.4, 0.5) is 5.69 Å². The van der Waals surface area contributed by atoms with E-state index in [1.807, 2.05) is 54.2 Å². The van der Waals surface area contributed by atoms with E-state index in [-0.39, 0.29) is 5.91 Å². The molecular formula is C34H39ClN6O3. The standard InChI is InChI=1S/C34H39ClN6O3/c1-21-24(7-5-8-25(21)28-17-31(43-4)22(19-37-28)18-36-23-12-15-44-16-13-23)26-9-6-10-27(32(26)35)39-34(42)33-38-29-20-40(2)14-11-30(29)41(33)3/h5-10,17,19,23,36H,11-16,18,20H2,1-4H3,(H,39,42). The second-order valence-electron chi connectivity index (χ2n) is 11.6. The van der Waals surface area contributed by atoms with Crippen LogP contribution in [-0.2, 0) is 31.3 Å². The minimum absolute atomic E-state index is 0.281. The van der Waals surface area contributed by atoms with Crippen LogP contribution in [0.15, 0.2) is 48.7 Å². The van der Waals surface area contributed by atoms with Crippen molar-refractivity contribution in [3.05, 3.63) is 82.0 Å². The molecule has 2 aromatic heterocycles. The molecule has 1 saturated heterocycles. The third-order valence-electron chi connectivity index (χ3n) is 8.76. The van der Waals surface area contributed by atoms with Gasteiger partial charge in [-0.05, 0) is 44.0 Å². The molecule has 2 N–H and O–H groups in total. The van der Waals surface area contributed by atoms with Crippen LogP contribution < -0.4 is 15.4 Å². The zero-order chi connectivity index (χ0) is 30.8. The number of methoxy groups -OCH3 is 1. The number of hydrogen-bond donors (Lipinski definition) is 2. The molecule has 1 fully saturated rings. The predicted octanol–water partition coefficient (Wildman–Crippen LogP) is 5.63. The Labute approximate surface area is 263 Å². The summed E-state index contributed by atoms with van der Waals surface area (Å²) in [6.07, 6.45) is 4.78. The molecule has 4 heterocycles. The van der Waals surface area contributed by atoms with Gasteiger partial charge in [-0.2, -0.15) is 0 Å². The molecule has 0 spiro atoms. The summed E-state index contributed by atoms with van der Waals surface area (Å²) in [5.74, 6) is 0.901. The van der Waals surface area contributed by atoms with Gasteiger partial charge in [0.15, 0.2) is 5.82 Å². The SMILES string of the molecule is COc1cc(-c2cccc(-c3cccc(NC(=O)c4nc5c(n4C)CCN(C)C5)c3Cl)c2C)ncc1CNC1CCOCC1. The van der Waals surface area contributed by atoms with Crippen molar-refractivity contribution in [2.24, 2.45) is 7.05 Å². The fraction of sp³-hybridized carbons (Fsp3) is 0.382. The zero-order valence-electron chi connectivity index (χ0n) is 25.7. The number of amides is 1. The summed E-state index contributed by atoms with van der Waals surface area (Å²) >= 11 is 6.97. The number of pyridine rings is 1. The topological polar surface area (TPSA) is 93.5 Å². The highest BCUT2D eigenvalue weighted by molar-refractivity contribution is 6.36. The van der Waals surface area contributed by atoms with Gasteiger partial charge in [0, 0.05) is 87.0 Å². The van der Waals surface area contributed by atoms with Gasteiger partial charge < -0.3 is 29.6 Å². The molecule has 44 heavy (non-hydrogen) atoms. The smallest absolute Gasteiger partial charge is 0.291 e. The van der Waals surface area contributed by atoms with Crippen LogP contribution in [-0.4, -0.2) is 65.3 Å². The summed E-state index contributed by atoms with van der Waals surface area (Å²) in [7, 11) is 5.66. The molecular weight excluding hydrogens is 576 g/mol. The quantitative estimate of drug-likeness (QED) is 0.266. The first-order valence-corrected chi connectivity index (χ1v) is 15.5. The molecule has 4 aromatic rings. The van der Waals surface area contributed by atoms with Gasteiger partial charge in [0.05, 0.1) is 29.2 Å². The molecule has 10 heteroatoms. The van der Waals surface area contributed by atoms with Crippen LogP contribution in [0.3, 0.4) is 0 Å². The lowest BCUT2D eigenvalue weighted by Crippen LogP contribution is -2.34. The molecule has 0 saturated carbocycles. The first kappa shape index (κ1) is 30.3. The fourth-order valence-corrected chi connectivity index (χ4v) is 6.45. The Balaban J connectivity index is 1.24. The number of hydrogen-bond acceptors (Lipinski definition) is 7. The largest absolute Gasteiger partial charge is 0.496 e. The third kappa shape index (κ3) is 6.10. The maximum Gasteiger partial charge on any atom is 0.291 e. The van der Waals surface area contributed by atoms with Gasteiger partial charge in [-0.15, -0.1) is 0 Å². The molecule has 2 aliphatic heterocycles.